The van der Waals surface area contributed by atoms with Crippen LogP contribution in [0.4, 0.5) is 0 Å². The Balaban J connectivity index is 3.25. The highest BCUT2D eigenvalue weighted by Gasteiger charge is 1.93. The van der Waals surface area contributed by atoms with E-state index in [9.17, 15) is 0 Å². The second-order valence-corrected chi connectivity index (χ2v) is 2.79. The van der Waals surface area contributed by atoms with Gasteiger partial charge in [-0.25, -0.2) is 0 Å². The fourth-order valence-electron chi connectivity index (χ4n) is 0.565. The third-order valence-electron chi connectivity index (χ3n) is 1.52. The summed E-state index contributed by atoms with van der Waals surface area (Å²) in [5.41, 5.74) is 2.02. The van der Waals surface area contributed by atoms with Crippen LogP contribution in [0.3, 0.4) is 0 Å². The largest absolute Gasteiger partial charge is 0.377 e. The molecule has 0 unspecified atom stereocenters. The molecule has 0 aromatic rings. The molecular formula is C10H18O. The highest BCUT2D eigenvalue weighted by Crippen LogP contribution is 2.03. The van der Waals surface area contributed by atoms with E-state index in [1.165, 1.54) is 6.42 Å². The highest BCUT2D eigenvalue weighted by molar-refractivity contribution is 5.22. The quantitative estimate of drug-likeness (QED) is 0.422. The van der Waals surface area contributed by atoms with Gasteiger partial charge in [-0.15, -0.1) is 0 Å². The van der Waals surface area contributed by atoms with Gasteiger partial charge in [-0.2, -0.15) is 0 Å². The van der Waals surface area contributed by atoms with Gasteiger partial charge in [0.05, 0.1) is 6.61 Å². The molecule has 0 atom stereocenters. The first-order valence-corrected chi connectivity index (χ1v) is 4.10. The molecular weight excluding hydrogens is 136 g/mol. The van der Waals surface area contributed by atoms with Crippen molar-refractivity contribution in [2.45, 2.75) is 26.7 Å². The van der Waals surface area contributed by atoms with E-state index in [0.29, 0.717) is 6.61 Å². The van der Waals surface area contributed by atoms with E-state index in [-0.39, 0.29) is 0 Å². The minimum atomic E-state index is 0.634. The topological polar surface area (TPSA) is 9.23 Å². The van der Waals surface area contributed by atoms with Crippen molar-refractivity contribution in [1.82, 2.24) is 0 Å². The van der Waals surface area contributed by atoms with Crippen LogP contribution in [-0.4, -0.2) is 13.2 Å². The Morgan fingerprint density at radius 1 is 1.36 bits per heavy atom. The molecule has 0 aliphatic heterocycles. The second-order valence-electron chi connectivity index (χ2n) is 2.79. The van der Waals surface area contributed by atoms with E-state index in [2.05, 4.69) is 20.1 Å². The molecule has 11 heavy (non-hydrogen) atoms. The molecule has 0 radical (unpaired) electrons. The van der Waals surface area contributed by atoms with Crippen molar-refractivity contribution in [3.05, 3.63) is 24.3 Å². The molecule has 64 valence electrons. The predicted molar refractivity (Wildman–Crippen MR) is 49.7 cm³/mol. The Morgan fingerprint density at radius 2 is 2.00 bits per heavy atom. The fourth-order valence-corrected chi connectivity index (χ4v) is 0.565. The van der Waals surface area contributed by atoms with Gasteiger partial charge in [0.15, 0.2) is 0 Å². The van der Waals surface area contributed by atoms with Crippen molar-refractivity contribution in [3.8, 4) is 0 Å². The van der Waals surface area contributed by atoms with E-state index in [1.807, 2.05) is 6.92 Å². The third-order valence-corrected chi connectivity index (χ3v) is 1.52. The van der Waals surface area contributed by atoms with Gasteiger partial charge in [0.25, 0.3) is 0 Å². The van der Waals surface area contributed by atoms with Crippen molar-refractivity contribution >= 4 is 0 Å². The highest BCUT2D eigenvalue weighted by atomic mass is 16.5. The fraction of sp³-hybridized carbons (Fsp3) is 0.600. The maximum Gasteiger partial charge on any atom is 0.0713 e. The van der Waals surface area contributed by atoms with E-state index in [4.69, 9.17) is 4.74 Å². The molecule has 1 nitrogen and oxygen atoms in total. The molecule has 0 aliphatic carbocycles. The molecule has 0 heterocycles. The Kier molecular flexibility index (Phi) is 5.86. The SMILES string of the molecule is C=C(C)C(=C)COCCCC. The van der Waals surface area contributed by atoms with Crippen LogP contribution < -0.4 is 0 Å². The molecule has 0 aromatic heterocycles. The summed E-state index contributed by atoms with van der Waals surface area (Å²) in [5, 5.41) is 0. The van der Waals surface area contributed by atoms with Crippen LogP contribution in [0, 0.1) is 0 Å². The Morgan fingerprint density at radius 3 is 2.45 bits per heavy atom. The molecule has 1 heteroatoms. The minimum Gasteiger partial charge on any atom is -0.377 e. The first kappa shape index (κ1) is 10.4. The van der Waals surface area contributed by atoms with Gasteiger partial charge < -0.3 is 4.74 Å². The van der Waals surface area contributed by atoms with Crippen LogP contribution in [0.15, 0.2) is 24.3 Å². The summed E-state index contributed by atoms with van der Waals surface area (Å²) in [6.45, 7) is 13.2. The summed E-state index contributed by atoms with van der Waals surface area (Å²) in [7, 11) is 0. The summed E-state index contributed by atoms with van der Waals surface area (Å²) in [6, 6.07) is 0. The van der Waals surface area contributed by atoms with Gasteiger partial charge in [0, 0.05) is 6.61 Å². The molecule has 0 spiro atoms. The van der Waals surface area contributed by atoms with Crippen LogP contribution in [-0.2, 0) is 4.74 Å². The molecule has 0 aliphatic rings. The normalized spacial score (nSPS) is 9.64. The Hall–Kier alpha value is -0.560. The summed E-state index contributed by atoms with van der Waals surface area (Å²) >= 11 is 0. The number of hydrogen-bond acceptors (Lipinski definition) is 1. The monoisotopic (exact) mass is 154 g/mol. The molecule has 0 fully saturated rings. The van der Waals surface area contributed by atoms with Gasteiger partial charge in [0.2, 0.25) is 0 Å². The smallest absolute Gasteiger partial charge is 0.0713 e. The van der Waals surface area contributed by atoms with Crippen molar-refractivity contribution in [2.24, 2.45) is 0 Å². The minimum absolute atomic E-state index is 0.634. The standard InChI is InChI=1S/C10H18O/c1-5-6-7-11-8-10(4)9(2)3/h2,4-8H2,1,3H3. The zero-order valence-electron chi connectivity index (χ0n) is 7.65. The van der Waals surface area contributed by atoms with E-state index in [0.717, 1.165) is 24.2 Å². The van der Waals surface area contributed by atoms with Gasteiger partial charge in [-0.1, -0.05) is 32.1 Å². The number of rotatable bonds is 6. The first-order chi connectivity index (χ1) is 5.18. The molecule has 0 saturated heterocycles. The molecule has 0 amide bonds. The molecule has 0 rings (SSSR count). The molecule has 0 bridgehead atoms. The maximum atomic E-state index is 5.34. The van der Waals surface area contributed by atoms with Crippen LogP contribution in [0.2, 0.25) is 0 Å². The average molecular weight is 154 g/mol. The zero-order valence-corrected chi connectivity index (χ0v) is 7.65. The van der Waals surface area contributed by atoms with Gasteiger partial charge in [-0.05, 0) is 18.9 Å². The maximum absolute atomic E-state index is 5.34. The lowest BCUT2D eigenvalue weighted by Gasteiger charge is -2.05. The number of hydrogen-bond donors (Lipinski definition) is 0. The van der Waals surface area contributed by atoms with Crippen molar-refractivity contribution in [1.29, 1.82) is 0 Å². The zero-order chi connectivity index (χ0) is 8.69. The Bertz CT molecular complexity index is 136. The lowest BCUT2D eigenvalue weighted by molar-refractivity contribution is 0.154. The lowest BCUT2D eigenvalue weighted by atomic mass is 10.2. The third kappa shape index (κ3) is 5.86. The Labute approximate surface area is 69.8 Å². The average Bonchev–Trinajstić information content (AvgIpc) is 1.97. The molecule has 0 saturated carbocycles. The van der Waals surface area contributed by atoms with Crippen LogP contribution in [0.1, 0.15) is 26.7 Å². The van der Waals surface area contributed by atoms with Gasteiger partial charge in [-0.3, -0.25) is 0 Å². The van der Waals surface area contributed by atoms with Crippen molar-refractivity contribution < 1.29 is 4.74 Å². The summed E-state index contributed by atoms with van der Waals surface area (Å²) in [5.74, 6) is 0. The molecule has 0 N–H and O–H groups in total. The van der Waals surface area contributed by atoms with Crippen LogP contribution in [0.5, 0.6) is 0 Å². The van der Waals surface area contributed by atoms with Gasteiger partial charge in [0.1, 0.15) is 0 Å². The van der Waals surface area contributed by atoms with Crippen LogP contribution >= 0.6 is 0 Å². The number of ether oxygens (including phenoxy) is 1. The predicted octanol–water partition coefficient (Wildman–Crippen LogP) is 2.94. The van der Waals surface area contributed by atoms with Gasteiger partial charge >= 0.3 is 0 Å². The second kappa shape index (κ2) is 6.17. The van der Waals surface area contributed by atoms with Crippen molar-refractivity contribution in [2.75, 3.05) is 13.2 Å². The van der Waals surface area contributed by atoms with E-state index < -0.39 is 0 Å². The lowest BCUT2D eigenvalue weighted by Crippen LogP contribution is -1.99. The summed E-state index contributed by atoms with van der Waals surface area (Å²) in [4.78, 5) is 0. The van der Waals surface area contributed by atoms with E-state index in [1.54, 1.807) is 0 Å². The van der Waals surface area contributed by atoms with E-state index >= 15 is 0 Å². The summed E-state index contributed by atoms with van der Waals surface area (Å²) in [6.07, 6.45) is 2.31. The summed E-state index contributed by atoms with van der Waals surface area (Å²) < 4.78 is 5.34. The van der Waals surface area contributed by atoms with Crippen LogP contribution in [0.25, 0.3) is 0 Å². The number of unbranched alkanes of at least 4 members (excludes halogenated alkanes) is 1. The van der Waals surface area contributed by atoms with Crippen molar-refractivity contribution in [3.63, 3.8) is 0 Å². The molecule has 0 aromatic carbocycles. The first-order valence-electron chi connectivity index (χ1n) is 4.10.